The Balaban J connectivity index is 0.00000192. The summed E-state index contributed by atoms with van der Waals surface area (Å²) in [6.45, 7) is 3.69. The smallest absolute Gasteiger partial charge is 0.253 e. The van der Waals surface area contributed by atoms with Gasteiger partial charge in [-0.05, 0) is 42.9 Å². The molecule has 128 valence electrons. The quantitative estimate of drug-likeness (QED) is 0.849. The average Bonchev–Trinajstić information content (AvgIpc) is 3.37. The lowest BCUT2D eigenvalue weighted by Crippen LogP contribution is -2.50. The molecule has 0 bridgehead atoms. The van der Waals surface area contributed by atoms with Crippen molar-refractivity contribution >= 4 is 29.9 Å². The van der Waals surface area contributed by atoms with Gasteiger partial charge in [0.05, 0.1) is 6.61 Å². The maximum absolute atomic E-state index is 12.7. The molecule has 1 unspecified atom stereocenters. The van der Waals surface area contributed by atoms with Crippen LogP contribution in [0.2, 0.25) is 5.02 Å². The third-order valence-electron chi connectivity index (χ3n) is 4.27. The number of rotatable bonds is 6. The Labute approximate surface area is 148 Å². The third-order valence-corrected chi connectivity index (χ3v) is 4.53. The standard InChI is InChI=1S/C17H23ClN2O2.ClH/c18-15-5-3-13(4-6-15)7-9-20(12-14-1-2-14)17(21)16-11-19-8-10-22-16;/h3-6,14,16,19H,1-2,7-12H2;1H. The van der Waals surface area contributed by atoms with Gasteiger partial charge in [-0.1, -0.05) is 23.7 Å². The molecule has 6 heteroatoms. The summed E-state index contributed by atoms with van der Waals surface area (Å²) in [6, 6.07) is 7.86. The van der Waals surface area contributed by atoms with Crippen molar-refractivity contribution in [1.82, 2.24) is 10.2 Å². The summed E-state index contributed by atoms with van der Waals surface area (Å²) in [5, 5.41) is 3.98. The molecule has 0 aromatic heterocycles. The minimum Gasteiger partial charge on any atom is -0.366 e. The van der Waals surface area contributed by atoms with Crippen LogP contribution < -0.4 is 5.32 Å². The van der Waals surface area contributed by atoms with E-state index in [1.807, 2.05) is 29.2 Å². The summed E-state index contributed by atoms with van der Waals surface area (Å²) in [5.74, 6) is 0.818. The highest BCUT2D eigenvalue weighted by molar-refractivity contribution is 6.30. The van der Waals surface area contributed by atoms with Crippen LogP contribution in [0.5, 0.6) is 0 Å². The molecular formula is C17H24Cl2N2O2. The summed E-state index contributed by atoms with van der Waals surface area (Å²) in [7, 11) is 0. The van der Waals surface area contributed by atoms with Gasteiger partial charge in [-0.15, -0.1) is 12.4 Å². The highest BCUT2D eigenvalue weighted by atomic mass is 35.5. The first-order chi connectivity index (χ1) is 10.7. The molecule has 1 atom stereocenters. The number of nitrogens with one attached hydrogen (secondary N) is 1. The number of amides is 1. The van der Waals surface area contributed by atoms with Gasteiger partial charge in [0, 0.05) is 31.2 Å². The van der Waals surface area contributed by atoms with E-state index >= 15 is 0 Å². The van der Waals surface area contributed by atoms with Gasteiger partial charge in [-0.2, -0.15) is 0 Å². The molecule has 1 amide bonds. The molecular weight excluding hydrogens is 335 g/mol. The molecule has 23 heavy (non-hydrogen) atoms. The second-order valence-corrected chi connectivity index (χ2v) is 6.60. The molecule has 1 aromatic carbocycles. The van der Waals surface area contributed by atoms with Crippen LogP contribution in [0.15, 0.2) is 24.3 Å². The second-order valence-electron chi connectivity index (χ2n) is 6.17. The molecule has 4 nitrogen and oxygen atoms in total. The van der Waals surface area contributed by atoms with Gasteiger partial charge in [0.2, 0.25) is 0 Å². The lowest BCUT2D eigenvalue weighted by atomic mass is 10.1. The fourth-order valence-corrected chi connectivity index (χ4v) is 2.87. The van der Waals surface area contributed by atoms with Crippen molar-refractivity contribution in [2.45, 2.75) is 25.4 Å². The first kappa shape index (κ1) is 18.5. The molecule has 3 rings (SSSR count). The number of hydrogen-bond donors (Lipinski definition) is 1. The van der Waals surface area contributed by atoms with Crippen LogP contribution >= 0.6 is 24.0 Å². The summed E-state index contributed by atoms with van der Waals surface area (Å²) in [5.41, 5.74) is 1.21. The minimum atomic E-state index is -0.322. The van der Waals surface area contributed by atoms with Crippen LogP contribution in [0.1, 0.15) is 18.4 Å². The Hall–Kier alpha value is -0.810. The SMILES string of the molecule is Cl.O=C(C1CNCCO1)N(CCc1ccc(Cl)cc1)CC1CC1. The van der Waals surface area contributed by atoms with Crippen LogP contribution in [-0.2, 0) is 16.0 Å². The van der Waals surface area contributed by atoms with E-state index in [1.165, 1.54) is 18.4 Å². The van der Waals surface area contributed by atoms with Gasteiger partial charge in [0.15, 0.2) is 0 Å². The molecule has 1 heterocycles. The van der Waals surface area contributed by atoms with Crippen molar-refractivity contribution in [1.29, 1.82) is 0 Å². The van der Waals surface area contributed by atoms with E-state index in [9.17, 15) is 4.79 Å². The number of morpholine rings is 1. The van der Waals surface area contributed by atoms with Crippen LogP contribution in [0.4, 0.5) is 0 Å². The predicted molar refractivity (Wildman–Crippen MR) is 94.3 cm³/mol. The van der Waals surface area contributed by atoms with Crippen molar-refractivity contribution < 1.29 is 9.53 Å². The molecule has 2 fully saturated rings. The third kappa shape index (κ3) is 5.64. The van der Waals surface area contributed by atoms with E-state index in [4.69, 9.17) is 16.3 Å². The van der Waals surface area contributed by atoms with E-state index < -0.39 is 0 Å². The van der Waals surface area contributed by atoms with E-state index in [0.29, 0.717) is 19.1 Å². The lowest BCUT2D eigenvalue weighted by molar-refractivity contribution is -0.145. The van der Waals surface area contributed by atoms with E-state index in [2.05, 4.69) is 5.32 Å². The first-order valence-electron chi connectivity index (χ1n) is 8.08. The van der Waals surface area contributed by atoms with Crippen molar-refractivity contribution in [3.05, 3.63) is 34.9 Å². The summed E-state index contributed by atoms with van der Waals surface area (Å²) >= 11 is 5.92. The van der Waals surface area contributed by atoms with Crippen molar-refractivity contribution in [3.8, 4) is 0 Å². The number of benzene rings is 1. The maximum Gasteiger partial charge on any atom is 0.253 e. The van der Waals surface area contributed by atoms with Gasteiger partial charge in [-0.3, -0.25) is 4.79 Å². The summed E-state index contributed by atoms with van der Waals surface area (Å²) < 4.78 is 5.62. The zero-order valence-corrected chi connectivity index (χ0v) is 14.7. The van der Waals surface area contributed by atoms with Crippen molar-refractivity contribution in [2.75, 3.05) is 32.8 Å². The topological polar surface area (TPSA) is 41.6 Å². The van der Waals surface area contributed by atoms with Gasteiger partial charge < -0.3 is 15.0 Å². The molecule has 1 aliphatic carbocycles. The maximum atomic E-state index is 12.7. The average molecular weight is 359 g/mol. The number of ether oxygens (including phenoxy) is 1. The Kier molecular flexibility index (Phi) is 7.15. The molecule has 1 saturated carbocycles. The Morgan fingerprint density at radius 3 is 2.65 bits per heavy atom. The fraction of sp³-hybridized carbons (Fsp3) is 0.588. The second kappa shape index (κ2) is 8.88. The Bertz CT molecular complexity index is 500. The summed E-state index contributed by atoms with van der Waals surface area (Å²) in [6.07, 6.45) is 3.02. The fourth-order valence-electron chi connectivity index (χ4n) is 2.75. The lowest BCUT2D eigenvalue weighted by Gasteiger charge is -2.30. The number of halogens is 2. The zero-order chi connectivity index (χ0) is 15.4. The number of hydrogen-bond acceptors (Lipinski definition) is 3. The molecule has 1 aromatic rings. The van der Waals surface area contributed by atoms with Crippen LogP contribution in [0.25, 0.3) is 0 Å². The normalized spacial score (nSPS) is 20.7. The van der Waals surface area contributed by atoms with Gasteiger partial charge in [-0.25, -0.2) is 0 Å². The first-order valence-corrected chi connectivity index (χ1v) is 8.46. The van der Waals surface area contributed by atoms with E-state index in [0.717, 1.165) is 31.1 Å². The van der Waals surface area contributed by atoms with Crippen molar-refractivity contribution in [2.24, 2.45) is 5.92 Å². The molecule has 2 aliphatic rings. The van der Waals surface area contributed by atoms with Crippen molar-refractivity contribution in [3.63, 3.8) is 0 Å². The number of nitrogens with zero attached hydrogens (tertiary/aromatic N) is 1. The molecule has 1 aliphatic heterocycles. The van der Waals surface area contributed by atoms with E-state index in [-0.39, 0.29) is 24.4 Å². The number of carbonyl (C=O) groups is 1. The van der Waals surface area contributed by atoms with Crippen LogP contribution in [0, 0.1) is 5.92 Å². The van der Waals surface area contributed by atoms with Gasteiger partial charge in [0.1, 0.15) is 6.10 Å². The monoisotopic (exact) mass is 358 g/mol. The molecule has 0 spiro atoms. The van der Waals surface area contributed by atoms with Crippen LogP contribution in [-0.4, -0.2) is 49.7 Å². The van der Waals surface area contributed by atoms with Gasteiger partial charge in [0.25, 0.3) is 5.91 Å². The highest BCUT2D eigenvalue weighted by Crippen LogP contribution is 2.30. The molecule has 1 saturated heterocycles. The Morgan fingerprint density at radius 2 is 2.04 bits per heavy atom. The minimum absolute atomic E-state index is 0. The van der Waals surface area contributed by atoms with E-state index in [1.54, 1.807) is 0 Å². The van der Waals surface area contributed by atoms with Gasteiger partial charge >= 0.3 is 0 Å². The largest absolute Gasteiger partial charge is 0.366 e. The van der Waals surface area contributed by atoms with Crippen LogP contribution in [0.3, 0.4) is 0 Å². The predicted octanol–water partition coefficient (Wildman–Crippen LogP) is 2.53. The Morgan fingerprint density at radius 1 is 1.30 bits per heavy atom. The highest BCUT2D eigenvalue weighted by Gasteiger charge is 2.31. The zero-order valence-electron chi connectivity index (χ0n) is 13.2. The molecule has 1 N–H and O–H groups in total. The molecule has 0 radical (unpaired) electrons. The number of carbonyl (C=O) groups excluding carboxylic acids is 1. The summed E-state index contributed by atoms with van der Waals surface area (Å²) in [4.78, 5) is 14.7.